The number of primary amides is 1. The van der Waals surface area contributed by atoms with Crippen molar-refractivity contribution in [1.82, 2.24) is 0 Å². The minimum Gasteiger partial charge on any atom is -0.444 e. The molecular weight excluding hydrogens is 218 g/mol. The van der Waals surface area contributed by atoms with Crippen molar-refractivity contribution in [2.24, 2.45) is 5.73 Å². The summed E-state index contributed by atoms with van der Waals surface area (Å²) in [4.78, 5) is 10.8. The minimum atomic E-state index is -0.792. The highest BCUT2D eigenvalue weighted by molar-refractivity contribution is 5.65. The molecule has 0 radical (unpaired) electrons. The summed E-state index contributed by atoms with van der Waals surface area (Å²) in [7, 11) is 0. The summed E-state index contributed by atoms with van der Waals surface area (Å²) in [6.45, 7) is 3.57. The Morgan fingerprint density at radius 2 is 2.00 bits per heavy atom. The van der Waals surface area contributed by atoms with Crippen LogP contribution in [0, 0.1) is 0 Å². The Labute approximate surface area is 101 Å². The van der Waals surface area contributed by atoms with Crippen LogP contribution in [0.1, 0.15) is 31.7 Å². The van der Waals surface area contributed by atoms with Gasteiger partial charge in [0, 0.05) is 5.92 Å². The van der Waals surface area contributed by atoms with E-state index in [1.165, 1.54) is 0 Å². The van der Waals surface area contributed by atoms with Crippen molar-refractivity contribution in [2.75, 3.05) is 6.61 Å². The molecule has 94 valence electrons. The third-order valence-corrected chi connectivity index (χ3v) is 2.61. The molecule has 0 aromatic heterocycles. The van der Waals surface area contributed by atoms with Gasteiger partial charge in [-0.25, -0.2) is 4.79 Å². The number of aliphatic hydroxyl groups is 1. The van der Waals surface area contributed by atoms with Crippen LogP contribution in [-0.2, 0) is 4.74 Å². The molecule has 3 N–H and O–H groups in total. The number of hydrogen-bond acceptors (Lipinski definition) is 3. The summed E-state index contributed by atoms with van der Waals surface area (Å²) in [5, 5.41) is 9.41. The van der Waals surface area contributed by atoms with Crippen LogP contribution in [0.15, 0.2) is 30.3 Å². The number of carbonyl (C=O) groups excluding carboxylic acids is 1. The minimum absolute atomic E-state index is 0.00949. The molecule has 1 aromatic carbocycles. The van der Waals surface area contributed by atoms with Crippen molar-refractivity contribution in [3.8, 4) is 0 Å². The molecular formula is C13H19NO3. The fraction of sp³-hybridized carbons (Fsp3) is 0.462. The van der Waals surface area contributed by atoms with E-state index in [2.05, 4.69) is 0 Å². The fourth-order valence-electron chi connectivity index (χ4n) is 1.92. The van der Waals surface area contributed by atoms with Gasteiger partial charge in [0.05, 0.1) is 6.61 Å². The quantitative estimate of drug-likeness (QED) is 0.823. The van der Waals surface area contributed by atoms with Gasteiger partial charge in [0.2, 0.25) is 0 Å². The first-order chi connectivity index (χ1) is 7.94. The van der Waals surface area contributed by atoms with E-state index in [-0.39, 0.29) is 12.5 Å². The highest BCUT2D eigenvalue weighted by atomic mass is 16.6. The summed E-state index contributed by atoms with van der Waals surface area (Å²) in [6.07, 6.45) is -0.268. The topological polar surface area (TPSA) is 72.6 Å². The third kappa shape index (κ3) is 4.44. The SMILES string of the molecule is CC(C)(CC(CO)c1ccccc1)OC(N)=O. The van der Waals surface area contributed by atoms with Gasteiger partial charge in [-0.2, -0.15) is 0 Å². The summed E-state index contributed by atoms with van der Waals surface area (Å²) >= 11 is 0. The zero-order valence-electron chi connectivity index (χ0n) is 10.2. The Balaban J connectivity index is 2.73. The molecule has 4 heteroatoms. The van der Waals surface area contributed by atoms with Crippen LogP contribution in [0.2, 0.25) is 0 Å². The lowest BCUT2D eigenvalue weighted by molar-refractivity contribution is 0.0285. The van der Waals surface area contributed by atoms with Gasteiger partial charge in [0.1, 0.15) is 5.60 Å². The Morgan fingerprint density at radius 3 is 2.47 bits per heavy atom. The molecule has 0 aliphatic heterocycles. The Hall–Kier alpha value is -1.55. The van der Waals surface area contributed by atoms with Gasteiger partial charge >= 0.3 is 6.09 Å². The van der Waals surface area contributed by atoms with Crippen LogP contribution < -0.4 is 5.73 Å². The number of amides is 1. The van der Waals surface area contributed by atoms with Gasteiger partial charge in [-0.1, -0.05) is 30.3 Å². The number of carbonyl (C=O) groups is 1. The largest absolute Gasteiger partial charge is 0.444 e. The summed E-state index contributed by atoms with van der Waals surface area (Å²) in [5.74, 6) is -0.0643. The second-order valence-electron chi connectivity index (χ2n) is 4.68. The predicted octanol–water partition coefficient (Wildman–Crippen LogP) is 2.03. The monoisotopic (exact) mass is 237 g/mol. The highest BCUT2D eigenvalue weighted by Gasteiger charge is 2.27. The smallest absolute Gasteiger partial charge is 0.405 e. The van der Waals surface area contributed by atoms with Crippen molar-refractivity contribution in [3.05, 3.63) is 35.9 Å². The van der Waals surface area contributed by atoms with Crippen molar-refractivity contribution in [2.45, 2.75) is 31.8 Å². The average molecular weight is 237 g/mol. The van der Waals surface area contributed by atoms with Crippen molar-refractivity contribution < 1.29 is 14.6 Å². The summed E-state index contributed by atoms with van der Waals surface area (Å²) < 4.78 is 5.02. The molecule has 0 aliphatic carbocycles. The molecule has 0 fully saturated rings. The Kier molecular flexibility index (Phi) is 4.52. The number of rotatable bonds is 5. The number of hydrogen-bond donors (Lipinski definition) is 2. The van der Waals surface area contributed by atoms with Gasteiger partial charge < -0.3 is 15.6 Å². The molecule has 0 saturated carbocycles. The molecule has 1 rings (SSSR count). The average Bonchev–Trinajstić information content (AvgIpc) is 2.25. The van der Waals surface area contributed by atoms with Crippen molar-refractivity contribution in [1.29, 1.82) is 0 Å². The van der Waals surface area contributed by atoms with E-state index >= 15 is 0 Å². The maximum atomic E-state index is 10.8. The zero-order valence-corrected chi connectivity index (χ0v) is 10.2. The molecule has 0 aliphatic rings. The first kappa shape index (κ1) is 13.5. The number of benzene rings is 1. The Bertz CT molecular complexity index is 362. The van der Waals surface area contributed by atoms with Gasteiger partial charge in [-0.05, 0) is 25.8 Å². The van der Waals surface area contributed by atoms with E-state index in [4.69, 9.17) is 10.5 Å². The van der Waals surface area contributed by atoms with Crippen LogP contribution >= 0.6 is 0 Å². The number of ether oxygens (including phenoxy) is 1. The van der Waals surface area contributed by atoms with Crippen LogP contribution in [0.4, 0.5) is 4.79 Å². The van der Waals surface area contributed by atoms with Crippen molar-refractivity contribution in [3.63, 3.8) is 0 Å². The summed E-state index contributed by atoms with van der Waals surface area (Å²) in [5.41, 5.74) is 5.35. The molecule has 0 saturated heterocycles. The van der Waals surface area contributed by atoms with Gasteiger partial charge in [-0.15, -0.1) is 0 Å². The molecule has 0 heterocycles. The van der Waals surface area contributed by atoms with E-state index in [0.717, 1.165) is 5.56 Å². The number of aliphatic hydroxyl groups excluding tert-OH is 1. The lowest BCUT2D eigenvalue weighted by atomic mass is 9.88. The van der Waals surface area contributed by atoms with Crippen LogP contribution in [0.3, 0.4) is 0 Å². The molecule has 4 nitrogen and oxygen atoms in total. The van der Waals surface area contributed by atoms with E-state index in [0.29, 0.717) is 6.42 Å². The lowest BCUT2D eigenvalue weighted by Crippen LogP contribution is -2.33. The third-order valence-electron chi connectivity index (χ3n) is 2.61. The predicted molar refractivity (Wildman–Crippen MR) is 65.6 cm³/mol. The van der Waals surface area contributed by atoms with E-state index in [9.17, 15) is 9.90 Å². The number of nitrogens with two attached hydrogens (primary N) is 1. The van der Waals surface area contributed by atoms with E-state index in [1.807, 2.05) is 30.3 Å². The molecule has 1 amide bonds. The first-order valence-electron chi connectivity index (χ1n) is 5.59. The van der Waals surface area contributed by atoms with E-state index in [1.54, 1.807) is 13.8 Å². The fourth-order valence-corrected chi connectivity index (χ4v) is 1.92. The molecule has 0 bridgehead atoms. The second kappa shape index (κ2) is 5.68. The molecule has 17 heavy (non-hydrogen) atoms. The summed E-state index contributed by atoms with van der Waals surface area (Å²) in [6, 6.07) is 9.64. The van der Waals surface area contributed by atoms with Crippen molar-refractivity contribution >= 4 is 6.09 Å². The van der Waals surface area contributed by atoms with Crippen LogP contribution in [-0.4, -0.2) is 23.4 Å². The molecule has 0 spiro atoms. The maximum Gasteiger partial charge on any atom is 0.405 e. The Morgan fingerprint density at radius 1 is 1.41 bits per heavy atom. The van der Waals surface area contributed by atoms with Gasteiger partial charge in [0.15, 0.2) is 0 Å². The lowest BCUT2D eigenvalue weighted by Gasteiger charge is -2.28. The standard InChI is InChI=1S/C13H19NO3/c1-13(2,17-12(14)16)8-11(9-15)10-6-4-3-5-7-10/h3-7,11,15H,8-9H2,1-2H3,(H2,14,16). The van der Waals surface area contributed by atoms with E-state index < -0.39 is 11.7 Å². The van der Waals surface area contributed by atoms with Crippen LogP contribution in [0.5, 0.6) is 0 Å². The van der Waals surface area contributed by atoms with Gasteiger partial charge in [0.25, 0.3) is 0 Å². The molecule has 1 unspecified atom stereocenters. The van der Waals surface area contributed by atoms with Gasteiger partial charge in [-0.3, -0.25) is 0 Å². The normalized spacial score (nSPS) is 13.1. The molecule has 1 atom stereocenters. The highest BCUT2D eigenvalue weighted by Crippen LogP contribution is 2.27. The second-order valence-corrected chi connectivity index (χ2v) is 4.68. The molecule has 1 aromatic rings. The maximum absolute atomic E-state index is 10.8. The van der Waals surface area contributed by atoms with Crippen LogP contribution in [0.25, 0.3) is 0 Å². The first-order valence-corrected chi connectivity index (χ1v) is 5.59. The zero-order chi connectivity index (χ0) is 12.9.